The number of halogens is 2. The van der Waals surface area contributed by atoms with Crippen molar-refractivity contribution in [1.82, 2.24) is 0 Å². The van der Waals surface area contributed by atoms with Crippen LogP contribution in [-0.4, -0.2) is 0 Å². The van der Waals surface area contributed by atoms with Crippen LogP contribution in [0.4, 0.5) is 11.4 Å². The fourth-order valence-electron chi connectivity index (χ4n) is 1.60. The third-order valence-electron chi connectivity index (χ3n) is 2.49. The maximum absolute atomic E-state index is 9.08. The lowest BCUT2D eigenvalue weighted by atomic mass is 10.1. The number of aryl methyl sites for hydroxylation is 1. The van der Waals surface area contributed by atoms with Crippen LogP contribution in [0.5, 0.6) is 0 Å². The maximum atomic E-state index is 9.08. The first-order valence-corrected chi connectivity index (χ1v) is 6.50. The normalized spacial score (nSPS) is 9.89. The van der Waals surface area contributed by atoms with Crippen molar-refractivity contribution in [1.29, 1.82) is 5.26 Å². The van der Waals surface area contributed by atoms with Crippen LogP contribution >= 0.6 is 27.5 Å². The van der Waals surface area contributed by atoms with Crippen LogP contribution in [0.3, 0.4) is 0 Å². The zero-order valence-electron chi connectivity index (χ0n) is 9.67. The van der Waals surface area contributed by atoms with E-state index in [0.29, 0.717) is 10.6 Å². The Kier molecular flexibility index (Phi) is 3.90. The summed E-state index contributed by atoms with van der Waals surface area (Å²) in [6, 6.07) is 13.3. The van der Waals surface area contributed by atoms with E-state index in [9.17, 15) is 0 Å². The first-order valence-electron chi connectivity index (χ1n) is 5.33. The molecule has 4 heteroatoms. The molecule has 0 saturated heterocycles. The van der Waals surface area contributed by atoms with Crippen LogP contribution in [0, 0.1) is 18.3 Å². The molecule has 0 heterocycles. The molecule has 0 aliphatic carbocycles. The van der Waals surface area contributed by atoms with E-state index in [0.717, 1.165) is 21.4 Å². The van der Waals surface area contributed by atoms with Crippen molar-refractivity contribution in [3.05, 3.63) is 57.0 Å². The van der Waals surface area contributed by atoms with Gasteiger partial charge < -0.3 is 5.32 Å². The van der Waals surface area contributed by atoms with Crippen molar-refractivity contribution < 1.29 is 0 Å². The third kappa shape index (κ3) is 2.84. The molecule has 0 aliphatic heterocycles. The summed E-state index contributed by atoms with van der Waals surface area (Å²) in [5, 5.41) is 12.9. The Morgan fingerprint density at radius 3 is 2.67 bits per heavy atom. The Morgan fingerprint density at radius 1 is 1.17 bits per heavy atom. The quantitative estimate of drug-likeness (QED) is 0.842. The van der Waals surface area contributed by atoms with Crippen molar-refractivity contribution in [2.75, 3.05) is 5.32 Å². The number of nitriles is 1. The van der Waals surface area contributed by atoms with Gasteiger partial charge in [-0.2, -0.15) is 5.26 Å². The Hall–Kier alpha value is -1.50. The van der Waals surface area contributed by atoms with E-state index in [1.807, 2.05) is 31.2 Å². The highest BCUT2D eigenvalue weighted by Gasteiger charge is 2.06. The van der Waals surface area contributed by atoms with Crippen molar-refractivity contribution in [2.45, 2.75) is 6.92 Å². The van der Waals surface area contributed by atoms with Crippen molar-refractivity contribution in [3.63, 3.8) is 0 Å². The van der Waals surface area contributed by atoms with E-state index in [2.05, 4.69) is 27.3 Å². The summed E-state index contributed by atoms with van der Waals surface area (Å²) < 4.78 is 0.900. The molecule has 1 N–H and O–H groups in total. The van der Waals surface area contributed by atoms with Gasteiger partial charge in [0.05, 0.1) is 16.9 Å². The minimum Gasteiger partial charge on any atom is -0.353 e. The molecular weight excluding hydrogens is 312 g/mol. The molecule has 2 nitrogen and oxygen atoms in total. The van der Waals surface area contributed by atoms with Gasteiger partial charge in [-0.3, -0.25) is 0 Å². The number of benzene rings is 2. The van der Waals surface area contributed by atoms with Crippen LogP contribution in [0.15, 0.2) is 40.9 Å². The topological polar surface area (TPSA) is 35.8 Å². The maximum Gasteiger partial charge on any atom is 0.101 e. The predicted octanol–water partition coefficient (Wildman–Crippen LogP) is 5.03. The lowest BCUT2D eigenvalue weighted by Gasteiger charge is -2.11. The summed E-state index contributed by atoms with van der Waals surface area (Å²) in [6.45, 7) is 1.99. The first kappa shape index (κ1) is 12.9. The molecule has 0 aromatic heterocycles. The van der Waals surface area contributed by atoms with Gasteiger partial charge in [-0.1, -0.05) is 17.7 Å². The highest BCUT2D eigenvalue weighted by Crippen LogP contribution is 2.30. The molecule has 2 rings (SSSR count). The molecule has 0 aliphatic rings. The van der Waals surface area contributed by atoms with E-state index < -0.39 is 0 Å². The summed E-state index contributed by atoms with van der Waals surface area (Å²) in [5.41, 5.74) is 3.31. The van der Waals surface area contributed by atoms with Crippen LogP contribution in [0.2, 0.25) is 5.02 Å². The fraction of sp³-hybridized carbons (Fsp3) is 0.0714. The second-order valence-electron chi connectivity index (χ2n) is 3.91. The number of anilines is 2. The van der Waals surface area contributed by atoms with E-state index >= 15 is 0 Å². The second kappa shape index (κ2) is 5.43. The molecule has 2 aromatic rings. The Morgan fingerprint density at radius 2 is 1.94 bits per heavy atom. The molecule has 0 atom stereocenters. The van der Waals surface area contributed by atoms with Gasteiger partial charge in [-0.25, -0.2) is 0 Å². The fourth-order valence-corrected chi connectivity index (χ4v) is 2.12. The molecule has 0 saturated carbocycles. The summed E-state index contributed by atoms with van der Waals surface area (Å²) in [7, 11) is 0. The summed E-state index contributed by atoms with van der Waals surface area (Å²) in [5.74, 6) is 0. The van der Waals surface area contributed by atoms with Crippen LogP contribution in [-0.2, 0) is 0 Å². The van der Waals surface area contributed by atoms with Crippen molar-refractivity contribution >= 4 is 38.9 Å². The molecule has 0 bridgehead atoms. The predicted molar refractivity (Wildman–Crippen MR) is 78.3 cm³/mol. The van der Waals surface area contributed by atoms with Gasteiger partial charge in [-0.15, -0.1) is 0 Å². The average Bonchev–Trinajstić information content (AvgIpc) is 2.34. The standard InChI is InChI=1S/C14H10BrClN2/c1-9-2-3-10(8-17)13(6-9)18-14-7-11(16)4-5-12(14)15/h2-7,18H,1H3. The number of nitrogens with zero attached hydrogens (tertiary/aromatic N) is 1. The highest BCUT2D eigenvalue weighted by atomic mass is 79.9. The van der Waals surface area contributed by atoms with Crippen LogP contribution in [0.25, 0.3) is 0 Å². The van der Waals surface area contributed by atoms with Gasteiger partial charge >= 0.3 is 0 Å². The number of hydrogen-bond acceptors (Lipinski definition) is 2. The smallest absolute Gasteiger partial charge is 0.101 e. The van der Waals surface area contributed by atoms with Gasteiger partial charge in [0.15, 0.2) is 0 Å². The first-order chi connectivity index (χ1) is 8.60. The monoisotopic (exact) mass is 320 g/mol. The Labute approximate surface area is 119 Å². The number of rotatable bonds is 2. The van der Waals surface area contributed by atoms with Crippen LogP contribution < -0.4 is 5.32 Å². The van der Waals surface area contributed by atoms with Gasteiger partial charge in [0.2, 0.25) is 0 Å². The van der Waals surface area contributed by atoms with E-state index in [4.69, 9.17) is 16.9 Å². The Bertz CT molecular complexity index is 632. The second-order valence-corrected chi connectivity index (χ2v) is 5.20. The van der Waals surface area contributed by atoms with E-state index in [1.165, 1.54) is 0 Å². The molecular formula is C14H10BrClN2. The third-order valence-corrected chi connectivity index (χ3v) is 3.42. The lowest BCUT2D eigenvalue weighted by Crippen LogP contribution is -1.95. The molecule has 0 radical (unpaired) electrons. The average molecular weight is 322 g/mol. The van der Waals surface area contributed by atoms with Gasteiger partial charge in [-0.05, 0) is 58.7 Å². The van der Waals surface area contributed by atoms with Crippen molar-refractivity contribution in [3.8, 4) is 6.07 Å². The van der Waals surface area contributed by atoms with Gasteiger partial charge in [0.1, 0.15) is 6.07 Å². The lowest BCUT2D eigenvalue weighted by molar-refractivity contribution is 1.40. The molecule has 2 aromatic carbocycles. The minimum absolute atomic E-state index is 0.604. The molecule has 0 fully saturated rings. The summed E-state index contributed by atoms with van der Waals surface area (Å²) in [6.07, 6.45) is 0. The van der Waals surface area contributed by atoms with E-state index in [-0.39, 0.29) is 0 Å². The molecule has 0 spiro atoms. The molecule has 90 valence electrons. The SMILES string of the molecule is Cc1ccc(C#N)c(Nc2cc(Cl)ccc2Br)c1. The van der Waals surface area contributed by atoms with Gasteiger partial charge in [0.25, 0.3) is 0 Å². The Balaban J connectivity index is 2.43. The summed E-state index contributed by atoms with van der Waals surface area (Å²) >= 11 is 9.41. The zero-order valence-corrected chi connectivity index (χ0v) is 12.0. The summed E-state index contributed by atoms with van der Waals surface area (Å²) in [4.78, 5) is 0. The van der Waals surface area contributed by atoms with Crippen LogP contribution in [0.1, 0.15) is 11.1 Å². The molecule has 0 amide bonds. The number of nitrogens with one attached hydrogen (secondary N) is 1. The van der Waals surface area contributed by atoms with Crippen molar-refractivity contribution in [2.24, 2.45) is 0 Å². The van der Waals surface area contributed by atoms with E-state index in [1.54, 1.807) is 12.1 Å². The number of hydrogen-bond donors (Lipinski definition) is 1. The molecule has 0 unspecified atom stereocenters. The zero-order chi connectivity index (χ0) is 13.1. The molecule has 18 heavy (non-hydrogen) atoms. The highest BCUT2D eigenvalue weighted by molar-refractivity contribution is 9.10. The van der Waals surface area contributed by atoms with Gasteiger partial charge in [0, 0.05) is 9.50 Å². The minimum atomic E-state index is 0.604. The largest absolute Gasteiger partial charge is 0.353 e.